The SMILES string of the molecule is CC(=O)NCCCS(=O)(=O)OC(C1CCCCC1)C(C)(C)[C@@](O)(COC(=O)Oc1ccccc1)C(=O)O. The van der Waals surface area contributed by atoms with E-state index < -0.39 is 51.7 Å². The first-order chi connectivity index (χ1) is 17.3. The highest BCUT2D eigenvalue weighted by Crippen LogP contribution is 2.44. The van der Waals surface area contributed by atoms with Crippen molar-refractivity contribution in [2.75, 3.05) is 18.9 Å². The van der Waals surface area contributed by atoms with Gasteiger partial charge in [0.15, 0.2) is 0 Å². The Kier molecular flexibility index (Phi) is 10.9. The van der Waals surface area contributed by atoms with Gasteiger partial charge in [0, 0.05) is 18.9 Å². The maximum absolute atomic E-state index is 12.9. The Balaban J connectivity index is 2.25. The third-order valence-electron chi connectivity index (χ3n) is 6.75. The Morgan fingerprint density at radius 2 is 1.73 bits per heavy atom. The molecule has 1 saturated carbocycles. The Labute approximate surface area is 217 Å². The molecule has 3 N–H and O–H groups in total. The molecule has 0 bridgehead atoms. The van der Waals surface area contributed by atoms with E-state index in [0.29, 0.717) is 12.8 Å². The molecule has 2 atom stereocenters. The van der Waals surface area contributed by atoms with Gasteiger partial charge >= 0.3 is 12.1 Å². The predicted molar refractivity (Wildman–Crippen MR) is 133 cm³/mol. The van der Waals surface area contributed by atoms with Crippen LogP contribution in [-0.2, 0) is 28.6 Å². The highest BCUT2D eigenvalue weighted by Gasteiger charge is 2.58. The predicted octanol–water partition coefficient (Wildman–Crippen LogP) is 2.87. The maximum Gasteiger partial charge on any atom is 0.513 e. The fourth-order valence-corrected chi connectivity index (χ4v) is 5.79. The summed E-state index contributed by atoms with van der Waals surface area (Å²) >= 11 is 0. The summed E-state index contributed by atoms with van der Waals surface area (Å²) in [6, 6.07) is 7.96. The molecule has 0 radical (unpaired) electrons. The van der Waals surface area contributed by atoms with Crippen molar-refractivity contribution in [2.24, 2.45) is 11.3 Å². The van der Waals surface area contributed by atoms with Gasteiger partial charge < -0.3 is 25.0 Å². The monoisotopic (exact) mass is 543 g/mol. The summed E-state index contributed by atoms with van der Waals surface area (Å²) < 4.78 is 41.4. The quantitative estimate of drug-likeness (QED) is 0.146. The largest absolute Gasteiger partial charge is 0.513 e. The van der Waals surface area contributed by atoms with E-state index in [9.17, 15) is 33.0 Å². The van der Waals surface area contributed by atoms with E-state index >= 15 is 0 Å². The van der Waals surface area contributed by atoms with Gasteiger partial charge in [0.25, 0.3) is 10.1 Å². The van der Waals surface area contributed by atoms with E-state index in [2.05, 4.69) is 5.32 Å². The molecule has 2 rings (SSSR count). The van der Waals surface area contributed by atoms with Crippen LogP contribution in [0.2, 0.25) is 0 Å². The summed E-state index contributed by atoms with van der Waals surface area (Å²) in [7, 11) is -4.16. The van der Waals surface area contributed by atoms with Gasteiger partial charge in [-0.25, -0.2) is 9.59 Å². The zero-order valence-electron chi connectivity index (χ0n) is 21.5. The van der Waals surface area contributed by atoms with Crippen molar-refractivity contribution in [1.29, 1.82) is 0 Å². The van der Waals surface area contributed by atoms with Gasteiger partial charge in [0.2, 0.25) is 11.5 Å². The molecule has 208 valence electrons. The van der Waals surface area contributed by atoms with Gasteiger partial charge in [-0.05, 0) is 37.3 Å². The topological polar surface area (TPSA) is 166 Å². The Hall–Kier alpha value is -2.70. The molecule has 12 heteroatoms. The average molecular weight is 544 g/mol. The van der Waals surface area contributed by atoms with E-state index in [4.69, 9.17) is 13.7 Å². The molecule has 1 aromatic carbocycles. The van der Waals surface area contributed by atoms with Gasteiger partial charge in [0.1, 0.15) is 12.4 Å². The highest BCUT2D eigenvalue weighted by molar-refractivity contribution is 7.86. The lowest BCUT2D eigenvalue weighted by molar-refractivity contribution is -0.195. The van der Waals surface area contributed by atoms with Gasteiger partial charge in [-0.3, -0.25) is 8.98 Å². The van der Waals surface area contributed by atoms with Crippen LogP contribution in [0.15, 0.2) is 30.3 Å². The Morgan fingerprint density at radius 1 is 1.11 bits per heavy atom. The summed E-state index contributed by atoms with van der Waals surface area (Å²) in [5, 5.41) is 23.9. The number of carbonyl (C=O) groups excluding carboxylic acids is 2. The molecule has 0 aromatic heterocycles. The fourth-order valence-electron chi connectivity index (χ4n) is 4.48. The molecule has 1 aliphatic rings. The van der Waals surface area contributed by atoms with E-state index in [1.54, 1.807) is 18.2 Å². The summed E-state index contributed by atoms with van der Waals surface area (Å²) in [4.78, 5) is 35.6. The number of nitrogens with one attached hydrogen (secondary N) is 1. The van der Waals surface area contributed by atoms with E-state index in [0.717, 1.165) is 19.3 Å². The number of aliphatic hydroxyl groups is 1. The minimum atomic E-state index is -4.16. The lowest BCUT2D eigenvalue weighted by Crippen LogP contribution is -2.62. The molecule has 11 nitrogen and oxygen atoms in total. The number of aliphatic carboxylic acids is 1. The van der Waals surface area contributed by atoms with Crippen LogP contribution in [0.5, 0.6) is 5.75 Å². The standard InChI is InChI=1S/C25H37NO10S/c1-18(27)26-15-10-16-37(32,33)36-21(19-11-6-4-7-12-19)24(2,3)25(31,22(28)29)17-34-23(30)35-20-13-8-5-9-14-20/h5,8-9,13-14,19,21,31H,4,6-7,10-12,15-17H2,1-3H3,(H,26,27)(H,28,29)/t21?,25-/m1/s1. The minimum absolute atomic E-state index is 0.0946. The van der Waals surface area contributed by atoms with Crippen LogP contribution in [-0.4, -0.2) is 67.3 Å². The maximum atomic E-state index is 12.9. The van der Waals surface area contributed by atoms with Crippen LogP contribution in [0.3, 0.4) is 0 Å². The molecule has 0 heterocycles. The third-order valence-corrected chi connectivity index (χ3v) is 8.04. The third kappa shape index (κ3) is 8.68. The van der Waals surface area contributed by atoms with Gasteiger partial charge in [-0.1, -0.05) is 51.3 Å². The first-order valence-corrected chi connectivity index (χ1v) is 13.9. The molecule has 0 saturated heterocycles. The van der Waals surface area contributed by atoms with Crippen molar-refractivity contribution in [3.8, 4) is 5.75 Å². The van der Waals surface area contributed by atoms with Crippen LogP contribution in [0, 0.1) is 11.3 Å². The highest BCUT2D eigenvalue weighted by atomic mass is 32.2. The lowest BCUT2D eigenvalue weighted by atomic mass is 9.65. The molecule has 1 aliphatic carbocycles. The van der Waals surface area contributed by atoms with Crippen molar-refractivity contribution in [3.05, 3.63) is 30.3 Å². The number of para-hydroxylation sites is 1. The normalized spacial score (nSPS) is 17.3. The number of hydrogen-bond donors (Lipinski definition) is 3. The number of carboxylic acids is 1. The van der Waals surface area contributed by atoms with Gasteiger partial charge in [-0.15, -0.1) is 0 Å². The number of ether oxygens (including phenoxy) is 2. The van der Waals surface area contributed by atoms with Crippen LogP contribution in [0.25, 0.3) is 0 Å². The van der Waals surface area contributed by atoms with Crippen molar-refractivity contribution < 1.29 is 46.7 Å². The van der Waals surface area contributed by atoms with Crippen LogP contribution < -0.4 is 10.1 Å². The number of benzene rings is 1. The number of carboxylic acid groups (broad SMARTS) is 1. The summed E-state index contributed by atoms with van der Waals surface area (Å²) in [5.41, 5.74) is -4.41. The molecule has 0 aliphatic heterocycles. The number of amides is 1. The minimum Gasteiger partial charge on any atom is -0.479 e. The molecule has 1 fully saturated rings. The van der Waals surface area contributed by atoms with E-state index in [-0.39, 0.29) is 30.5 Å². The second kappa shape index (κ2) is 13.2. The van der Waals surface area contributed by atoms with Crippen LogP contribution in [0.1, 0.15) is 59.3 Å². The molecular formula is C25H37NO10S. The number of rotatable bonds is 13. The Bertz CT molecular complexity index is 1020. The Morgan fingerprint density at radius 3 is 2.30 bits per heavy atom. The van der Waals surface area contributed by atoms with Gasteiger partial charge in [-0.2, -0.15) is 8.42 Å². The second-order valence-electron chi connectivity index (χ2n) is 9.85. The van der Waals surface area contributed by atoms with E-state index in [1.807, 2.05) is 0 Å². The summed E-state index contributed by atoms with van der Waals surface area (Å²) in [6.07, 6.45) is 1.38. The van der Waals surface area contributed by atoms with Crippen LogP contribution in [0.4, 0.5) is 4.79 Å². The molecule has 1 amide bonds. The molecule has 0 spiro atoms. The zero-order chi connectivity index (χ0) is 27.7. The first kappa shape index (κ1) is 30.5. The fraction of sp³-hybridized carbons (Fsp3) is 0.640. The van der Waals surface area contributed by atoms with Crippen LogP contribution >= 0.6 is 0 Å². The van der Waals surface area contributed by atoms with Crippen molar-refractivity contribution >= 4 is 28.1 Å². The smallest absolute Gasteiger partial charge is 0.479 e. The molecule has 37 heavy (non-hydrogen) atoms. The second-order valence-corrected chi connectivity index (χ2v) is 11.6. The van der Waals surface area contributed by atoms with Crippen molar-refractivity contribution in [3.63, 3.8) is 0 Å². The van der Waals surface area contributed by atoms with Crippen molar-refractivity contribution in [1.82, 2.24) is 5.32 Å². The molecule has 1 unspecified atom stereocenters. The summed E-state index contributed by atoms with van der Waals surface area (Å²) in [5.74, 6) is -2.58. The number of hydrogen-bond acceptors (Lipinski definition) is 9. The average Bonchev–Trinajstić information content (AvgIpc) is 2.84. The first-order valence-electron chi connectivity index (χ1n) is 12.3. The van der Waals surface area contributed by atoms with Gasteiger partial charge in [0.05, 0.1) is 11.9 Å². The van der Waals surface area contributed by atoms with E-state index in [1.165, 1.54) is 32.9 Å². The molecule has 1 aromatic rings. The number of carbonyl (C=O) groups is 3. The summed E-state index contributed by atoms with van der Waals surface area (Å²) in [6.45, 7) is 3.23. The zero-order valence-corrected chi connectivity index (χ0v) is 22.3. The van der Waals surface area contributed by atoms with Crippen molar-refractivity contribution in [2.45, 2.75) is 71.0 Å². The lowest BCUT2D eigenvalue weighted by Gasteiger charge is -2.46. The molecular weight excluding hydrogens is 506 g/mol.